The van der Waals surface area contributed by atoms with Gasteiger partial charge in [-0.05, 0) is 22.8 Å². The number of benzene rings is 4. The van der Waals surface area contributed by atoms with Crippen LogP contribution in [0.2, 0.25) is 0 Å². The van der Waals surface area contributed by atoms with Gasteiger partial charge in [-0.2, -0.15) is 0 Å². The Balaban J connectivity index is 1.66. The van der Waals surface area contributed by atoms with Gasteiger partial charge in [-0.3, -0.25) is 9.59 Å². The lowest BCUT2D eigenvalue weighted by molar-refractivity contribution is -0.141. The van der Waals surface area contributed by atoms with E-state index in [1.54, 1.807) is 12.0 Å². The highest BCUT2D eigenvalue weighted by molar-refractivity contribution is 5.89. The van der Waals surface area contributed by atoms with Crippen molar-refractivity contribution in [2.45, 2.75) is 25.6 Å². The van der Waals surface area contributed by atoms with E-state index in [1.165, 1.54) is 0 Å². The molecule has 5 heteroatoms. The number of carbonyl (C=O) groups excluding carboxylic acids is 2. The summed E-state index contributed by atoms with van der Waals surface area (Å²) in [5, 5.41) is 3.04. The van der Waals surface area contributed by atoms with Crippen molar-refractivity contribution < 1.29 is 14.3 Å². The molecule has 1 N–H and O–H groups in total. The fraction of sp³-hybridized carbons (Fsp3) is 0.161. The summed E-state index contributed by atoms with van der Waals surface area (Å²) in [4.78, 5) is 29.2. The van der Waals surface area contributed by atoms with Crippen molar-refractivity contribution in [3.63, 3.8) is 0 Å². The van der Waals surface area contributed by atoms with E-state index in [-0.39, 0.29) is 24.8 Å². The van der Waals surface area contributed by atoms with Crippen molar-refractivity contribution in [2.24, 2.45) is 0 Å². The molecule has 0 saturated carbocycles. The highest BCUT2D eigenvalue weighted by atomic mass is 16.5. The number of hydrogen-bond donors (Lipinski definition) is 1. The van der Waals surface area contributed by atoms with Crippen molar-refractivity contribution in [3.05, 3.63) is 138 Å². The lowest BCUT2D eigenvalue weighted by Crippen LogP contribution is -2.43. The zero-order valence-electron chi connectivity index (χ0n) is 20.3. The van der Waals surface area contributed by atoms with Crippen LogP contribution >= 0.6 is 0 Å². The molecule has 1 unspecified atom stereocenters. The standard InChI is InChI=1S/C31H30N2O3/c1-36-28-20-12-11-19-27(28)22-32-31(35)30(26-17-9-4-10-18-26)33(23-25-15-7-3-8-16-25)29(34)21-24-13-5-2-6-14-24/h2-20,30H,21-23H2,1H3,(H,32,35). The molecule has 0 bridgehead atoms. The van der Waals surface area contributed by atoms with E-state index in [0.717, 1.165) is 22.3 Å². The van der Waals surface area contributed by atoms with Gasteiger partial charge < -0.3 is 15.0 Å². The van der Waals surface area contributed by atoms with E-state index in [9.17, 15) is 9.59 Å². The van der Waals surface area contributed by atoms with Crippen molar-refractivity contribution in [3.8, 4) is 5.75 Å². The Kier molecular flexibility index (Phi) is 8.49. The Morgan fingerprint density at radius 2 is 1.31 bits per heavy atom. The van der Waals surface area contributed by atoms with Crippen LogP contribution < -0.4 is 10.1 Å². The van der Waals surface area contributed by atoms with Crippen molar-refractivity contribution in [1.29, 1.82) is 0 Å². The highest BCUT2D eigenvalue weighted by Gasteiger charge is 2.31. The molecule has 36 heavy (non-hydrogen) atoms. The van der Waals surface area contributed by atoms with Crippen molar-refractivity contribution in [2.75, 3.05) is 7.11 Å². The smallest absolute Gasteiger partial charge is 0.247 e. The maximum atomic E-state index is 13.8. The summed E-state index contributed by atoms with van der Waals surface area (Å²) in [7, 11) is 1.61. The topological polar surface area (TPSA) is 58.6 Å². The van der Waals surface area contributed by atoms with E-state index < -0.39 is 6.04 Å². The number of ether oxygens (including phenoxy) is 1. The summed E-state index contributed by atoms with van der Waals surface area (Å²) in [5.74, 6) is 0.339. The summed E-state index contributed by atoms with van der Waals surface area (Å²) >= 11 is 0. The van der Waals surface area contributed by atoms with E-state index >= 15 is 0 Å². The second-order valence-corrected chi connectivity index (χ2v) is 8.51. The number of amides is 2. The molecule has 0 heterocycles. The van der Waals surface area contributed by atoms with Gasteiger partial charge in [0.05, 0.1) is 13.5 Å². The summed E-state index contributed by atoms with van der Waals surface area (Å²) in [6, 6.07) is 35.6. The van der Waals surface area contributed by atoms with Crippen LogP contribution in [-0.4, -0.2) is 23.8 Å². The summed E-state index contributed by atoms with van der Waals surface area (Å²) in [6.07, 6.45) is 0.205. The molecular formula is C31H30N2O3. The molecule has 0 fully saturated rings. The average Bonchev–Trinajstić information content (AvgIpc) is 2.93. The van der Waals surface area contributed by atoms with E-state index in [0.29, 0.717) is 12.3 Å². The molecular weight excluding hydrogens is 448 g/mol. The number of para-hydroxylation sites is 1. The minimum absolute atomic E-state index is 0.119. The molecule has 0 saturated heterocycles. The van der Waals surface area contributed by atoms with Gasteiger partial charge in [0, 0.05) is 18.7 Å². The largest absolute Gasteiger partial charge is 0.496 e. The molecule has 0 aliphatic carbocycles. The summed E-state index contributed by atoms with van der Waals surface area (Å²) in [5.41, 5.74) is 3.48. The van der Waals surface area contributed by atoms with Crippen LogP contribution in [0, 0.1) is 0 Å². The summed E-state index contributed by atoms with van der Waals surface area (Å²) in [6.45, 7) is 0.604. The predicted molar refractivity (Wildman–Crippen MR) is 141 cm³/mol. The first-order valence-corrected chi connectivity index (χ1v) is 12.0. The van der Waals surface area contributed by atoms with Gasteiger partial charge in [-0.25, -0.2) is 0 Å². The quantitative estimate of drug-likeness (QED) is 0.335. The average molecular weight is 479 g/mol. The Morgan fingerprint density at radius 1 is 0.750 bits per heavy atom. The van der Waals surface area contributed by atoms with Crippen LogP contribution in [0.3, 0.4) is 0 Å². The van der Waals surface area contributed by atoms with Crippen molar-refractivity contribution in [1.82, 2.24) is 10.2 Å². The molecule has 4 rings (SSSR count). The number of nitrogens with zero attached hydrogens (tertiary/aromatic N) is 1. The normalized spacial score (nSPS) is 11.4. The lowest BCUT2D eigenvalue weighted by atomic mass is 10.0. The molecule has 5 nitrogen and oxygen atoms in total. The molecule has 0 aliphatic rings. The molecule has 0 radical (unpaired) electrons. The number of hydrogen-bond acceptors (Lipinski definition) is 3. The Bertz CT molecular complexity index is 1260. The maximum Gasteiger partial charge on any atom is 0.247 e. The number of carbonyl (C=O) groups is 2. The zero-order valence-corrected chi connectivity index (χ0v) is 20.3. The van der Waals surface area contributed by atoms with Crippen LogP contribution in [0.4, 0.5) is 0 Å². The van der Waals surface area contributed by atoms with Crippen molar-refractivity contribution >= 4 is 11.8 Å². The lowest BCUT2D eigenvalue weighted by Gasteiger charge is -2.32. The minimum atomic E-state index is -0.794. The third kappa shape index (κ3) is 6.39. The first-order valence-electron chi connectivity index (χ1n) is 12.0. The first kappa shape index (κ1) is 24.7. The highest BCUT2D eigenvalue weighted by Crippen LogP contribution is 2.26. The molecule has 4 aromatic carbocycles. The molecule has 2 amide bonds. The fourth-order valence-corrected chi connectivity index (χ4v) is 4.21. The van der Waals surface area contributed by atoms with Crippen LogP contribution in [0.15, 0.2) is 115 Å². The van der Waals surface area contributed by atoms with Gasteiger partial charge in [0.15, 0.2) is 0 Å². The minimum Gasteiger partial charge on any atom is -0.496 e. The van der Waals surface area contributed by atoms with Gasteiger partial charge in [0.1, 0.15) is 11.8 Å². The van der Waals surface area contributed by atoms with Gasteiger partial charge in [0.2, 0.25) is 11.8 Å². The second-order valence-electron chi connectivity index (χ2n) is 8.51. The first-order chi connectivity index (χ1) is 17.7. The van der Waals surface area contributed by atoms with Crippen LogP contribution in [0.25, 0.3) is 0 Å². The Hall–Kier alpha value is -4.38. The maximum absolute atomic E-state index is 13.8. The number of nitrogens with one attached hydrogen (secondary N) is 1. The summed E-state index contributed by atoms with van der Waals surface area (Å²) < 4.78 is 5.44. The number of rotatable bonds is 10. The van der Waals surface area contributed by atoms with Crippen LogP contribution in [0.1, 0.15) is 28.3 Å². The Morgan fingerprint density at radius 3 is 1.94 bits per heavy atom. The molecule has 182 valence electrons. The van der Waals surface area contributed by atoms with Gasteiger partial charge in [0.25, 0.3) is 0 Å². The van der Waals surface area contributed by atoms with E-state index in [1.807, 2.05) is 115 Å². The Labute approximate surface area is 212 Å². The van der Waals surface area contributed by atoms with Gasteiger partial charge in [-0.1, -0.05) is 109 Å². The predicted octanol–water partition coefficient (Wildman–Crippen LogP) is 5.32. The fourth-order valence-electron chi connectivity index (χ4n) is 4.21. The SMILES string of the molecule is COc1ccccc1CNC(=O)C(c1ccccc1)N(Cc1ccccc1)C(=O)Cc1ccccc1. The van der Waals surface area contributed by atoms with Crippen LogP contribution in [0.5, 0.6) is 5.75 Å². The molecule has 1 atom stereocenters. The van der Waals surface area contributed by atoms with Crippen LogP contribution in [-0.2, 0) is 29.1 Å². The molecule has 0 aromatic heterocycles. The number of methoxy groups -OCH3 is 1. The van der Waals surface area contributed by atoms with Gasteiger partial charge >= 0.3 is 0 Å². The van der Waals surface area contributed by atoms with E-state index in [2.05, 4.69) is 5.32 Å². The van der Waals surface area contributed by atoms with Gasteiger partial charge in [-0.15, -0.1) is 0 Å². The monoisotopic (exact) mass is 478 g/mol. The zero-order chi connectivity index (χ0) is 25.2. The second kappa shape index (κ2) is 12.4. The third-order valence-electron chi connectivity index (χ3n) is 6.04. The van der Waals surface area contributed by atoms with E-state index in [4.69, 9.17) is 4.74 Å². The molecule has 4 aromatic rings. The third-order valence-corrected chi connectivity index (χ3v) is 6.04. The molecule has 0 aliphatic heterocycles. The molecule has 0 spiro atoms.